The molecule has 0 aliphatic heterocycles. The Labute approximate surface area is 189 Å². The van der Waals surface area contributed by atoms with Gasteiger partial charge in [-0.2, -0.15) is 0 Å². The normalized spacial score (nSPS) is 14.3. The Balaban J connectivity index is 3.07. The highest BCUT2D eigenvalue weighted by atomic mass is 16.4. The molecule has 0 fully saturated rings. The number of nitrogens with two attached hydrogens (primary N) is 1. The topological polar surface area (TPSA) is 228 Å². The van der Waals surface area contributed by atoms with Crippen molar-refractivity contribution in [2.75, 3.05) is 13.2 Å². The van der Waals surface area contributed by atoms with Crippen LogP contribution >= 0.6 is 0 Å². The summed E-state index contributed by atoms with van der Waals surface area (Å²) >= 11 is 0. The first-order valence-corrected chi connectivity index (χ1v) is 9.96. The maximum Gasteiger partial charge on any atom is 0.328 e. The summed E-state index contributed by atoms with van der Waals surface area (Å²) < 4.78 is 0. The lowest BCUT2D eigenvalue weighted by Gasteiger charge is -2.24. The molecule has 33 heavy (non-hydrogen) atoms. The number of hydrogen-bond acceptors (Lipinski definition) is 8. The van der Waals surface area contributed by atoms with E-state index in [1.807, 2.05) is 5.32 Å². The Hall–Kier alpha value is -3.55. The predicted molar refractivity (Wildman–Crippen MR) is 113 cm³/mol. The fourth-order valence-corrected chi connectivity index (χ4v) is 2.69. The molecule has 0 saturated carbocycles. The Kier molecular flexibility index (Phi) is 11.5. The molecule has 0 heterocycles. The number of rotatable bonds is 14. The van der Waals surface area contributed by atoms with Gasteiger partial charge in [-0.15, -0.1) is 0 Å². The number of aliphatic hydroxyl groups excluding tert-OH is 2. The molecule has 0 spiro atoms. The molecule has 1 rings (SSSR count). The third-order valence-electron chi connectivity index (χ3n) is 4.53. The van der Waals surface area contributed by atoms with Crippen molar-refractivity contribution in [1.29, 1.82) is 0 Å². The standard InChI is InChI=1S/C20H28N4O9/c21-12(9-25)17(29)23-14(8-11-4-2-1-3-5-11)19(31)22-13(6-7-16(27)28)18(30)24-15(10-26)20(32)33/h1-5,12-15,25-26H,6-10,21H2,(H,22,31)(H,23,29)(H,24,30)(H,27,28)(H,32,33). The van der Waals surface area contributed by atoms with Gasteiger partial charge in [0.2, 0.25) is 17.7 Å². The lowest BCUT2D eigenvalue weighted by atomic mass is 10.0. The molecular formula is C20H28N4O9. The summed E-state index contributed by atoms with van der Waals surface area (Å²) in [4.78, 5) is 59.6. The molecule has 0 radical (unpaired) electrons. The molecule has 0 bridgehead atoms. The quantitative estimate of drug-likeness (QED) is 0.137. The van der Waals surface area contributed by atoms with Crippen LogP contribution in [0.25, 0.3) is 0 Å². The van der Waals surface area contributed by atoms with E-state index < -0.39 is 73.5 Å². The number of carboxylic acids is 2. The van der Waals surface area contributed by atoms with E-state index in [0.29, 0.717) is 5.56 Å². The van der Waals surface area contributed by atoms with Gasteiger partial charge in [0.25, 0.3) is 0 Å². The second-order valence-corrected chi connectivity index (χ2v) is 7.12. The maximum absolute atomic E-state index is 12.9. The molecule has 0 aliphatic carbocycles. The van der Waals surface area contributed by atoms with Gasteiger partial charge in [-0.1, -0.05) is 30.3 Å². The number of hydrogen-bond donors (Lipinski definition) is 8. The van der Waals surface area contributed by atoms with Gasteiger partial charge in [0.05, 0.1) is 13.2 Å². The number of carboxylic acid groups (broad SMARTS) is 2. The van der Waals surface area contributed by atoms with Crippen LogP contribution in [0.5, 0.6) is 0 Å². The Morgan fingerprint density at radius 1 is 0.788 bits per heavy atom. The number of aliphatic hydroxyl groups is 2. The van der Waals surface area contributed by atoms with Gasteiger partial charge in [0.15, 0.2) is 0 Å². The molecule has 0 aliphatic rings. The zero-order valence-corrected chi connectivity index (χ0v) is 17.6. The molecule has 0 saturated heterocycles. The third kappa shape index (κ3) is 9.64. The van der Waals surface area contributed by atoms with Crippen molar-refractivity contribution in [2.45, 2.75) is 43.4 Å². The highest BCUT2D eigenvalue weighted by Crippen LogP contribution is 2.06. The van der Waals surface area contributed by atoms with E-state index in [4.69, 9.17) is 26.2 Å². The Bertz CT molecular complexity index is 834. The predicted octanol–water partition coefficient (Wildman–Crippen LogP) is -3.06. The van der Waals surface area contributed by atoms with Crippen molar-refractivity contribution in [2.24, 2.45) is 5.73 Å². The summed E-state index contributed by atoms with van der Waals surface area (Å²) in [6, 6.07) is 2.84. The minimum absolute atomic E-state index is 0.0157. The average Bonchev–Trinajstić information content (AvgIpc) is 2.78. The second-order valence-electron chi connectivity index (χ2n) is 7.12. The van der Waals surface area contributed by atoms with Crippen molar-refractivity contribution >= 4 is 29.7 Å². The van der Waals surface area contributed by atoms with Crippen molar-refractivity contribution < 1.29 is 44.4 Å². The molecule has 1 aromatic rings. The highest BCUT2D eigenvalue weighted by Gasteiger charge is 2.30. The van der Waals surface area contributed by atoms with Crippen LogP contribution in [0.2, 0.25) is 0 Å². The maximum atomic E-state index is 12.9. The lowest BCUT2D eigenvalue weighted by molar-refractivity contribution is -0.144. The molecule has 4 atom stereocenters. The summed E-state index contributed by atoms with van der Waals surface area (Å²) in [6.07, 6.45) is -0.925. The Morgan fingerprint density at radius 3 is 1.85 bits per heavy atom. The monoisotopic (exact) mass is 468 g/mol. The summed E-state index contributed by atoms with van der Waals surface area (Å²) in [7, 11) is 0. The summed E-state index contributed by atoms with van der Waals surface area (Å²) in [5.74, 6) is -5.50. The SMILES string of the molecule is NC(CO)C(=O)NC(Cc1ccccc1)C(=O)NC(CCC(=O)O)C(=O)NC(CO)C(=O)O. The molecule has 182 valence electrons. The second kappa shape index (κ2) is 13.8. The summed E-state index contributed by atoms with van der Waals surface area (Å²) in [6.45, 7) is -1.60. The van der Waals surface area contributed by atoms with Crippen molar-refractivity contribution in [1.82, 2.24) is 16.0 Å². The molecule has 9 N–H and O–H groups in total. The largest absolute Gasteiger partial charge is 0.481 e. The lowest BCUT2D eigenvalue weighted by Crippen LogP contribution is -2.58. The van der Waals surface area contributed by atoms with Gasteiger partial charge in [0, 0.05) is 12.8 Å². The first kappa shape index (κ1) is 27.5. The molecule has 13 heteroatoms. The fraction of sp³-hybridized carbons (Fsp3) is 0.450. The summed E-state index contributed by atoms with van der Waals surface area (Å²) in [5, 5.41) is 42.8. The highest BCUT2D eigenvalue weighted by molar-refractivity contribution is 5.94. The zero-order chi connectivity index (χ0) is 25.0. The summed E-state index contributed by atoms with van der Waals surface area (Å²) in [5.41, 5.74) is 6.13. The van der Waals surface area contributed by atoms with Crippen LogP contribution in [0.1, 0.15) is 18.4 Å². The first-order valence-electron chi connectivity index (χ1n) is 9.96. The minimum Gasteiger partial charge on any atom is -0.481 e. The molecule has 0 aromatic heterocycles. The number of carbonyl (C=O) groups excluding carboxylic acids is 3. The van der Waals surface area contributed by atoms with E-state index in [1.54, 1.807) is 30.3 Å². The van der Waals surface area contributed by atoms with Gasteiger partial charge in [-0.25, -0.2) is 4.79 Å². The number of amides is 3. The number of aliphatic carboxylic acids is 2. The van der Waals surface area contributed by atoms with Crippen LogP contribution in [-0.4, -0.2) is 87.5 Å². The van der Waals surface area contributed by atoms with Crippen molar-refractivity contribution in [3.8, 4) is 0 Å². The fourth-order valence-electron chi connectivity index (χ4n) is 2.69. The number of carbonyl (C=O) groups is 5. The molecule has 1 aromatic carbocycles. The van der Waals surface area contributed by atoms with Gasteiger partial charge in [0.1, 0.15) is 24.2 Å². The van der Waals surface area contributed by atoms with E-state index in [2.05, 4.69) is 10.6 Å². The number of benzene rings is 1. The van der Waals surface area contributed by atoms with Gasteiger partial charge < -0.3 is 42.1 Å². The van der Waals surface area contributed by atoms with Gasteiger partial charge in [-0.3, -0.25) is 19.2 Å². The molecule has 3 amide bonds. The minimum atomic E-state index is -1.66. The van der Waals surface area contributed by atoms with E-state index >= 15 is 0 Å². The van der Waals surface area contributed by atoms with E-state index in [1.165, 1.54) is 0 Å². The molecule has 13 nitrogen and oxygen atoms in total. The van der Waals surface area contributed by atoms with E-state index in [-0.39, 0.29) is 12.8 Å². The first-order chi connectivity index (χ1) is 15.6. The zero-order valence-electron chi connectivity index (χ0n) is 17.6. The van der Waals surface area contributed by atoms with Crippen molar-refractivity contribution in [3.63, 3.8) is 0 Å². The van der Waals surface area contributed by atoms with Crippen LogP contribution < -0.4 is 21.7 Å². The number of nitrogens with one attached hydrogen (secondary N) is 3. The van der Waals surface area contributed by atoms with Crippen LogP contribution in [0.3, 0.4) is 0 Å². The van der Waals surface area contributed by atoms with Crippen LogP contribution in [-0.2, 0) is 30.4 Å². The van der Waals surface area contributed by atoms with Crippen LogP contribution in [0.15, 0.2) is 30.3 Å². The van der Waals surface area contributed by atoms with Crippen LogP contribution in [0, 0.1) is 0 Å². The van der Waals surface area contributed by atoms with Crippen LogP contribution in [0.4, 0.5) is 0 Å². The smallest absolute Gasteiger partial charge is 0.328 e. The van der Waals surface area contributed by atoms with Crippen molar-refractivity contribution in [3.05, 3.63) is 35.9 Å². The Morgan fingerprint density at radius 2 is 1.33 bits per heavy atom. The van der Waals surface area contributed by atoms with Gasteiger partial charge in [-0.05, 0) is 12.0 Å². The molecule has 4 unspecified atom stereocenters. The molecular weight excluding hydrogens is 440 g/mol. The average molecular weight is 468 g/mol. The van der Waals surface area contributed by atoms with Gasteiger partial charge >= 0.3 is 11.9 Å². The third-order valence-corrected chi connectivity index (χ3v) is 4.53. The van der Waals surface area contributed by atoms with E-state index in [9.17, 15) is 24.0 Å². The van der Waals surface area contributed by atoms with E-state index in [0.717, 1.165) is 0 Å².